The number of rotatable bonds is 5. The molecule has 0 saturated heterocycles. The molecule has 0 aliphatic heterocycles. The molecule has 1 unspecified atom stereocenters. The van der Waals surface area contributed by atoms with E-state index in [4.69, 9.17) is 4.74 Å². The molecule has 4 nitrogen and oxygen atoms in total. The van der Waals surface area contributed by atoms with Gasteiger partial charge in [-0.05, 0) is 36.8 Å². The van der Waals surface area contributed by atoms with Gasteiger partial charge >= 0.3 is 0 Å². The monoisotopic (exact) mass is 258 g/mol. The first-order valence-corrected chi connectivity index (χ1v) is 6.24. The van der Waals surface area contributed by atoms with Crippen LogP contribution >= 0.6 is 0 Å². The highest BCUT2D eigenvalue weighted by atomic mass is 16.5. The predicted octanol–water partition coefficient (Wildman–Crippen LogP) is 2.44. The molecule has 0 aliphatic rings. The number of aromatic nitrogens is 1. The van der Waals surface area contributed by atoms with Crippen molar-refractivity contribution in [2.45, 2.75) is 19.4 Å². The first kappa shape index (κ1) is 13.2. The van der Waals surface area contributed by atoms with Gasteiger partial charge in [0.2, 0.25) is 5.91 Å². The molecular weight excluding hydrogens is 240 g/mol. The number of carbonyl (C=O) groups excluding carboxylic acids is 1. The smallest absolute Gasteiger partial charge is 0.227 e. The van der Waals surface area contributed by atoms with E-state index in [9.17, 15) is 4.79 Å². The second-order valence-electron chi connectivity index (χ2n) is 4.41. The average molecular weight is 258 g/mol. The van der Waals surface area contributed by atoms with E-state index < -0.39 is 0 Å². The molecule has 0 radical (unpaired) electrons. The summed E-state index contributed by atoms with van der Waals surface area (Å²) in [6.07, 6.45) is 1.84. The zero-order chi connectivity index (χ0) is 13.7. The number of aromatic amines is 1. The zero-order valence-electron chi connectivity index (χ0n) is 11.1. The fourth-order valence-electron chi connectivity index (χ4n) is 1.86. The number of nitrogens with one attached hydrogen (secondary N) is 2. The summed E-state index contributed by atoms with van der Waals surface area (Å²) >= 11 is 0. The molecule has 1 aromatic carbocycles. The number of methoxy groups -OCH3 is 1. The van der Waals surface area contributed by atoms with E-state index in [0.29, 0.717) is 6.54 Å². The molecule has 2 aromatic rings. The van der Waals surface area contributed by atoms with Gasteiger partial charge in [0.15, 0.2) is 0 Å². The van der Waals surface area contributed by atoms with Crippen LogP contribution in [0.3, 0.4) is 0 Å². The van der Waals surface area contributed by atoms with Gasteiger partial charge in [0.05, 0.1) is 19.6 Å². The highest BCUT2D eigenvalue weighted by Gasteiger charge is 2.14. The minimum atomic E-state index is -0.180. The molecule has 0 fully saturated rings. The van der Waals surface area contributed by atoms with Crippen molar-refractivity contribution >= 4 is 5.91 Å². The Balaban J connectivity index is 1.94. The molecule has 19 heavy (non-hydrogen) atoms. The van der Waals surface area contributed by atoms with Crippen LogP contribution in [0.5, 0.6) is 5.75 Å². The zero-order valence-corrected chi connectivity index (χ0v) is 11.1. The molecule has 4 heteroatoms. The summed E-state index contributed by atoms with van der Waals surface area (Å²) in [6, 6.07) is 11.4. The number of amides is 1. The predicted molar refractivity (Wildman–Crippen MR) is 74.0 cm³/mol. The first-order chi connectivity index (χ1) is 9.20. The first-order valence-electron chi connectivity index (χ1n) is 6.24. The Hall–Kier alpha value is -2.23. The number of H-pyrrole nitrogens is 1. The highest BCUT2D eigenvalue weighted by molar-refractivity contribution is 5.83. The van der Waals surface area contributed by atoms with E-state index in [2.05, 4.69) is 10.3 Å². The van der Waals surface area contributed by atoms with Crippen molar-refractivity contribution in [1.29, 1.82) is 0 Å². The van der Waals surface area contributed by atoms with E-state index >= 15 is 0 Å². The fourth-order valence-corrected chi connectivity index (χ4v) is 1.86. The maximum Gasteiger partial charge on any atom is 0.227 e. The van der Waals surface area contributed by atoms with Crippen LogP contribution in [0.4, 0.5) is 0 Å². The van der Waals surface area contributed by atoms with Crippen molar-refractivity contribution in [3.63, 3.8) is 0 Å². The number of hydrogen-bond donors (Lipinski definition) is 2. The normalized spacial score (nSPS) is 11.9. The van der Waals surface area contributed by atoms with Crippen molar-refractivity contribution in [2.24, 2.45) is 0 Å². The standard InChI is InChI=1S/C15H18N2O2/c1-11(12-5-7-14(19-2)8-6-12)15(18)17-10-13-4-3-9-16-13/h3-9,11,16H,10H2,1-2H3,(H,17,18). The Morgan fingerprint density at radius 3 is 2.63 bits per heavy atom. The third kappa shape index (κ3) is 3.37. The van der Waals surface area contributed by atoms with Gasteiger partial charge in [-0.15, -0.1) is 0 Å². The number of carbonyl (C=O) groups is 1. The van der Waals surface area contributed by atoms with Gasteiger partial charge in [0, 0.05) is 11.9 Å². The molecular formula is C15H18N2O2. The molecule has 0 bridgehead atoms. The highest BCUT2D eigenvalue weighted by Crippen LogP contribution is 2.19. The molecule has 2 N–H and O–H groups in total. The molecule has 100 valence electrons. The molecule has 1 heterocycles. The lowest BCUT2D eigenvalue weighted by Crippen LogP contribution is -2.27. The van der Waals surface area contributed by atoms with Crippen LogP contribution in [0.2, 0.25) is 0 Å². The molecule has 2 rings (SSSR count). The van der Waals surface area contributed by atoms with E-state index in [-0.39, 0.29) is 11.8 Å². The third-order valence-corrected chi connectivity index (χ3v) is 3.12. The Morgan fingerprint density at radius 2 is 2.05 bits per heavy atom. The summed E-state index contributed by atoms with van der Waals surface area (Å²) in [5.74, 6) is 0.628. The Morgan fingerprint density at radius 1 is 1.32 bits per heavy atom. The van der Waals surface area contributed by atoms with Crippen molar-refractivity contribution in [2.75, 3.05) is 7.11 Å². The molecule has 1 atom stereocenters. The van der Waals surface area contributed by atoms with Crippen LogP contribution in [0.15, 0.2) is 42.6 Å². The van der Waals surface area contributed by atoms with Gasteiger partial charge in [-0.25, -0.2) is 0 Å². The number of hydrogen-bond acceptors (Lipinski definition) is 2. The maximum atomic E-state index is 12.0. The third-order valence-electron chi connectivity index (χ3n) is 3.12. The van der Waals surface area contributed by atoms with Gasteiger partial charge < -0.3 is 15.0 Å². The molecule has 0 aliphatic carbocycles. The van der Waals surface area contributed by atoms with Crippen molar-refractivity contribution in [3.8, 4) is 5.75 Å². The maximum absolute atomic E-state index is 12.0. The summed E-state index contributed by atoms with van der Waals surface area (Å²) in [5.41, 5.74) is 1.97. The van der Waals surface area contributed by atoms with Gasteiger partial charge in [-0.3, -0.25) is 4.79 Å². The van der Waals surface area contributed by atoms with Gasteiger partial charge in [0.25, 0.3) is 0 Å². The molecule has 0 spiro atoms. The number of benzene rings is 1. The summed E-state index contributed by atoms with van der Waals surface area (Å²) < 4.78 is 5.10. The lowest BCUT2D eigenvalue weighted by Gasteiger charge is -2.12. The summed E-state index contributed by atoms with van der Waals surface area (Å²) in [5, 5.41) is 2.91. The topological polar surface area (TPSA) is 54.1 Å². The summed E-state index contributed by atoms with van der Waals surface area (Å²) in [6.45, 7) is 2.41. The summed E-state index contributed by atoms with van der Waals surface area (Å²) in [4.78, 5) is 15.1. The summed E-state index contributed by atoms with van der Waals surface area (Å²) in [7, 11) is 1.63. The Bertz CT molecular complexity index is 518. The van der Waals surface area contributed by atoms with Crippen LogP contribution in [0.1, 0.15) is 24.1 Å². The Kier molecular flexibility index (Phi) is 4.23. The minimum absolute atomic E-state index is 0.0137. The molecule has 0 saturated carbocycles. The second kappa shape index (κ2) is 6.09. The van der Waals surface area contributed by atoms with Crippen LogP contribution < -0.4 is 10.1 Å². The number of ether oxygens (including phenoxy) is 1. The van der Waals surface area contributed by atoms with Crippen molar-refractivity contribution in [3.05, 3.63) is 53.9 Å². The van der Waals surface area contributed by atoms with Crippen LogP contribution in [0, 0.1) is 0 Å². The van der Waals surface area contributed by atoms with Gasteiger partial charge in [-0.2, -0.15) is 0 Å². The van der Waals surface area contributed by atoms with Crippen molar-refractivity contribution in [1.82, 2.24) is 10.3 Å². The van der Waals surface area contributed by atoms with E-state index in [1.54, 1.807) is 7.11 Å². The van der Waals surface area contributed by atoms with E-state index in [0.717, 1.165) is 17.0 Å². The minimum Gasteiger partial charge on any atom is -0.497 e. The van der Waals surface area contributed by atoms with E-state index in [1.807, 2.05) is 49.5 Å². The largest absolute Gasteiger partial charge is 0.497 e. The van der Waals surface area contributed by atoms with Gasteiger partial charge in [0.1, 0.15) is 5.75 Å². The Labute approximate surface area is 112 Å². The SMILES string of the molecule is COc1ccc(C(C)C(=O)NCc2ccc[nH]2)cc1. The quantitative estimate of drug-likeness (QED) is 0.865. The van der Waals surface area contributed by atoms with Crippen LogP contribution in [0.25, 0.3) is 0 Å². The molecule has 1 aromatic heterocycles. The lowest BCUT2D eigenvalue weighted by atomic mass is 10.0. The van der Waals surface area contributed by atoms with Gasteiger partial charge in [-0.1, -0.05) is 12.1 Å². The fraction of sp³-hybridized carbons (Fsp3) is 0.267. The molecule has 1 amide bonds. The van der Waals surface area contributed by atoms with Crippen molar-refractivity contribution < 1.29 is 9.53 Å². The lowest BCUT2D eigenvalue weighted by molar-refractivity contribution is -0.122. The van der Waals surface area contributed by atoms with E-state index in [1.165, 1.54) is 0 Å². The van der Waals surface area contributed by atoms with Crippen LogP contribution in [-0.4, -0.2) is 18.0 Å². The van der Waals surface area contributed by atoms with Crippen LogP contribution in [-0.2, 0) is 11.3 Å². The average Bonchev–Trinajstić information content (AvgIpc) is 2.97. The second-order valence-corrected chi connectivity index (χ2v) is 4.41.